The molecular weight excluding hydrogens is 188 g/mol. The van der Waals surface area contributed by atoms with E-state index in [9.17, 15) is 0 Å². The third-order valence-electron chi connectivity index (χ3n) is 2.39. The first kappa shape index (κ1) is 12.0. The maximum Gasteiger partial charge on any atom is 0.123 e. The van der Waals surface area contributed by atoms with Gasteiger partial charge in [-0.25, -0.2) is 0 Å². The molecule has 0 atom stereocenters. The number of rotatable bonds is 5. The molecule has 0 fully saturated rings. The van der Waals surface area contributed by atoms with Gasteiger partial charge < -0.3 is 15.4 Å². The van der Waals surface area contributed by atoms with Crippen molar-refractivity contribution in [1.82, 2.24) is 4.90 Å². The molecule has 0 spiro atoms. The zero-order valence-electron chi connectivity index (χ0n) is 9.79. The van der Waals surface area contributed by atoms with Crippen LogP contribution in [-0.2, 0) is 6.54 Å². The molecule has 0 bridgehead atoms. The van der Waals surface area contributed by atoms with Crippen LogP contribution < -0.4 is 10.5 Å². The lowest BCUT2D eigenvalue weighted by atomic mass is 10.1. The first-order valence-electron chi connectivity index (χ1n) is 5.19. The maximum absolute atomic E-state index is 5.51. The Balaban J connectivity index is 2.77. The van der Waals surface area contributed by atoms with Crippen molar-refractivity contribution in [1.29, 1.82) is 0 Å². The summed E-state index contributed by atoms with van der Waals surface area (Å²) in [6.07, 6.45) is 0. The number of hydrogen-bond donors (Lipinski definition) is 1. The summed E-state index contributed by atoms with van der Waals surface area (Å²) in [4.78, 5) is 2.19. The third kappa shape index (κ3) is 3.53. The molecule has 0 radical (unpaired) electrons. The average molecular weight is 208 g/mol. The lowest BCUT2D eigenvalue weighted by molar-refractivity contribution is 0.325. The molecule has 1 aromatic rings. The van der Waals surface area contributed by atoms with Gasteiger partial charge in [0, 0.05) is 25.2 Å². The summed E-state index contributed by atoms with van der Waals surface area (Å²) in [5.74, 6) is 0.949. The predicted octanol–water partition coefficient (Wildman–Crippen LogP) is 1.39. The van der Waals surface area contributed by atoms with E-state index in [4.69, 9.17) is 10.5 Å². The number of methoxy groups -OCH3 is 1. The average Bonchev–Trinajstić information content (AvgIpc) is 2.18. The molecule has 0 amide bonds. The molecule has 2 N–H and O–H groups in total. The summed E-state index contributed by atoms with van der Waals surface area (Å²) in [5.41, 5.74) is 7.98. The van der Waals surface area contributed by atoms with Gasteiger partial charge in [0.1, 0.15) is 5.75 Å². The SMILES string of the molecule is COc1ccc(C)cc1CN(C)CCN. The Bertz CT molecular complexity index is 312. The highest BCUT2D eigenvalue weighted by atomic mass is 16.5. The molecule has 1 rings (SSSR count). The highest BCUT2D eigenvalue weighted by Gasteiger charge is 2.05. The lowest BCUT2D eigenvalue weighted by Crippen LogP contribution is -2.25. The number of likely N-dealkylation sites (N-methyl/N-ethyl adjacent to an activating group) is 1. The van der Waals surface area contributed by atoms with Crippen molar-refractivity contribution in [2.24, 2.45) is 5.73 Å². The van der Waals surface area contributed by atoms with Crippen molar-refractivity contribution in [3.05, 3.63) is 29.3 Å². The van der Waals surface area contributed by atoms with Gasteiger partial charge >= 0.3 is 0 Å². The Morgan fingerprint density at radius 1 is 1.40 bits per heavy atom. The van der Waals surface area contributed by atoms with Crippen molar-refractivity contribution in [3.8, 4) is 5.75 Å². The van der Waals surface area contributed by atoms with Gasteiger partial charge in [0.05, 0.1) is 7.11 Å². The van der Waals surface area contributed by atoms with Crippen LogP contribution >= 0.6 is 0 Å². The topological polar surface area (TPSA) is 38.5 Å². The smallest absolute Gasteiger partial charge is 0.123 e. The lowest BCUT2D eigenvalue weighted by Gasteiger charge is -2.17. The molecule has 0 saturated heterocycles. The third-order valence-corrected chi connectivity index (χ3v) is 2.39. The second-order valence-corrected chi connectivity index (χ2v) is 3.84. The van der Waals surface area contributed by atoms with E-state index in [1.165, 1.54) is 11.1 Å². The number of nitrogens with zero attached hydrogens (tertiary/aromatic N) is 1. The number of benzene rings is 1. The van der Waals surface area contributed by atoms with Crippen LogP contribution in [-0.4, -0.2) is 32.1 Å². The van der Waals surface area contributed by atoms with Crippen molar-refractivity contribution < 1.29 is 4.74 Å². The first-order chi connectivity index (χ1) is 7.17. The molecular formula is C12H20N2O. The van der Waals surface area contributed by atoms with Crippen LogP contribution in [0.3, 0.4) is 0 Å². The second-order valence-electron chi connectivity index (χ2n) is 3.84. The predicted molar refractivity (Wildman–Crippen MR) is 63.1 cm³/mol. The van der Waals surface area contributed by atoms with Gasteiger partial charge in [-0.05, 0) is 20.0 Å². The molecule has 15 heavy (non-hydrogen) atoms. The summed E-state index contributed by atoms with van der Waals surface area (Å²) < 4.78 is 5.32. The molecule has 1 aromatic carbocycles. The standard InChI is InChI=1S/C12H20N2O/c1-10-4-5-12(15-3)11(8-10)9-14(2)7-6-13/h4-5,8H,6-7,9,13H2,1-3H3. The number of nitrogens with two attached hydrogens (primary N) is 1. The fourth-order valence-corrected chi connectivity index (χ4v) is 1.62. The van der Waals surface area contributed by atoms with Crippen LogP contribution in [0.25, 0.3) is 0 Å². The Morgan fingerprint density at radius 2 is 2.13 bits per heavy atom. The summed E-state index contributed by atoms with van der Waals surface area (Å²) in [6, 6.07) is 6.23. The van der Waals surface area contributed by atoms with E-state index in [0.29, 0.717) is 6.54 Å². The van der Waals surface area contributed by atoms with Gasteiger partial charge in [0.2, 0.25) is 0 Å². The second kappa shape index (κ2) is 5.73. The summed E-state index contributed by atoms with van der Waals surface area (Å²) in [7, 11) is 3.77. The van der Waals surface area contributed by atoms with E-state index >= 15 is 0 Å². The molecule has 3 nitrogen and oxygen atoms in total. The fraction of sp³-hybridized carbons (Fsp3) is 0.500. The van der Waals surface area contributed by atoms with Crippen molar-refractivity contribution in [3.63, 3.8) is 0 Å². The van der Waals surface area contributed by atoms with E-state index in [0.717, 1.165) is 18.8 Å². The molecule has 0 saturated carbocycles. The normalized spacial score (nSPS) is 10.7. The minimum absolute atomic E-state index is 0.685. The summed E-state index contributed by atoms with van der Waals surface area (Å²) in [5, 5.41) is 0. The van der Waals surface area contributed by atoms with E-state index in [-0.39, 0.29) is 0 Å². The minimum atomic E-state index is 0.685. The van der Waals surface area contributed by atoms with Crippen LogP contribution in [0.15, 0.2) is 18.2 Å². The van der Waals surface area contributed by atoms with Gasteiger partial charge in [-0.2, -0.15) is 0 Å². The molecule has 84 valence electrons. The molecule has 0 heterocycles. The Morgan fingerprint density at radius 3 is 2.73 bits per heavy atom. The molecule has 0 aliphatic rings. The van der Waals surface area contributed by atoms with Gasteiger partial charge in [-0.1, -0.05) is 17.7 Å². The number of aryl methyl sites for hydroxylation is 1. The van der Waals surface area contributed by atoms with Gasteiger partial charge in [0.15, 0.2) is 0 Å². The Labute approximate surface area is 91.8 Å². The molecule has 3 heteroatoms. The maximum atomic E-state index is 5.51. The number of ether oxygens (including phenoxy) is 1. The van der Waals surface area contributed by atoms with Gasteiger partial charge in [-0.3, -0.25) is 0 Å². The summed E-state index contributed by atoms with van der Waals surface area (Å²) in [6.45, 7) is 4.55. The van der Waals surface area contributed by atoms with Crippen molar-refractivity contribution in [2.75, 3.05) is 27.2 Å². The highest BCUT2D eigenvalue weighted by molar-refractivity contribution is 5.36. The monoisotopic (exact) mass is 208 g/mol. The number of hydrogen-bond acceptors (Lipinski definition) is 3. The van der Waals surface area contributed by atoms with E-state index in [2.05, 4.69) is 31.0 Å². The fourth-order valence-electron chi connectivity index (χ4n) is 1.62. The largest absolute Gasteiger partial charge is 0.496 e. The van der Waals surface area contributed by atoms with Crippen LogP contribution in [0.2, 0.25) is 0 Å². The summed E-state index contributed by atoms with van der Waals surface area (Å²) >= 11 is 0. The van der Waals surface area contributed by atoms with Gasteiger partial charge in [-0.15, -0.1) is 0 Å². The van der Waals surface area contributed by atoms with E-state index in [1.807, 2.05) is 6.07 Å². The molecule has 0 aliphatic carbocycles. The zero-order valence-corrected chi connectivity index (χ0v) is 9.79. The molecule has 0 aliphatic heterocycles. The Hall–Kier alpha value is -1.06. The van der Waals surface area contributed by atoms with Crippen LogP contribution in [0.4, 0.5) is 0 Å². The quantitative estimate of drug-likeness (QED) is 0.794. The Kier molecular flexibility index (Phi) is 4.59. The van der Waals surface area contributed by atoms with Crippen molar-refractivity contribution in [2.45, 2.75) is 13.5 Å². The molecule has 0 unspecified atom stereocenters. The van der Waals surface area contributed by atoms with Crippen LogP contribution in [0.5, 0.6) is 5.75 Å². The first-order valence-corrected chi connectivity index (χ1v) is 5.19. The van der Waals surface area contributed by atoms with Crippen LogP contribution in [0, 0.1) is 6.92 Å². The van der Waals surface area contributed by atoms with Gasteiger partial charge in [0.25, 0.3) is 0 Å². The van der Waals surface area contributed by atoms with E-state index in [1.54, 1.807) is 7.11 Å². The van der Waals surface area contributed by atoms with E-state index < -0.39 is 0 Å². The minimum Gasteiger partial charge on any atom is -0.496 e. The zero-order chi connectivity index (χ0) is 11.3. The highest BCUT2D eigenvalue weighted by Crippen LogP contribution is 2.20. The molecule has 0 aromatic heterocycles. The van der Waals surface area contributed by atoms with Crippen LogP contribution in [0.1, 0.15) is 11.1 Å². The van der Waals surface area contributed by atoms with Crippen molar-refractivity contribution >= 4 is 0 Å².